The minimum absolute atomic E-state index is 0.152. The summed E-state index contributed by atoms with van der Waals surface area (Å²) in [6.07, 6.45) is 3.50. The van der Waals surface area contributed by atoms with Gasteiger partial charge in [-0.2, -0.15) is 0 Å². The molecule has 0 fully saturated rings. The molecular weight excluding hydrogens is 414 g/mol. The molecule has 1 amide bonds. The number of ether oxygens (including phenoxy) is 1. The van der Waals surface area contributed by atoms with Gasteiger partial charge in [-0.25, -0.2) is 4.98 Å². The Bertz CT molecular complexity index is 1100. The van der Waals surface area contributed by atoms with Crippen molar-refractivity contribution < 1.29 is 9.53 Å². The topological polar surface area (TPSA) is 64.1 Å². The van der Waals surface area contributed by atoms with Gasteiger partial charge < -0.3 is 10.1 Å². The van der Waals surface area contributed by atoms with Gasteiger partial charge in [0.25, 0.3) is 5.91 Å². The number of hydrogen-bond acceptors (Lipinski definition) is 6. The van der Waals surface area contributed by atoms with E-state index in [0.29, 0.717) is 23.6 Å². The maximum atomic E-state index is 12.9. The van der Waals surface area contributed by atoms with Crippen LogP contribution in [0.3, 0.4) is 0 Å². The highest BCUT2D eigenvalue weighted by Gasteiger charge is 2.12. The number of thioether (sulfide) groups is 1. The summed E-state index contributed by atoms with van der Waals surface area (Å²) in [4.78, 5) is 22.2. The van der Waals surface area contributed by atoms with E-state index in [-0.39, 0.29) is 5.91 Å². The van der Waals surface area contributed by atoms with Gasteiger partial charge in [-0.15, -0.1) is 23.1 Å². The van der Waals surface area contributed by atoms with Gasteiger partial charge in [-0.05, 0) is 30.3 Å². The molecular formula is C23H19N3O2S2. The third kappa shape index (κ3) is 5.46. The zero-order valence-electron chi connectivity index (χ0n) is 16.0. The number of carbonyl (C=O) groups is 1. The molecule has 4 rings (SSSR count). The van der Waals surface area contributed by atoms with Crippen LogP contribution in [0.2, 0.25) is 0 Å². The number of rotatable bonds is 8. The first-order valence-corrected chi connectivity index (χ1v) is 11.2. The van der Waals surface area contributed by atoms with Gasteiger partial charge in [0.1, 0.15) is 12.4 Å². The van der Waals surface area contributed by atoms with Gasteiger partial charge in [-0.3, -0.25) is 9.78 Å². The van der Waals surface area contributed by atoms with E-state index in [0.717, 1.165) is 21.9 Å². The fourth-order valence-corrected chi connectivity index (χ4v) is 4.37. The SMILES string of the molecule is O=C(Nc1cccc(OCc2cccnc2)c1)c1ccccc1SCc1cscn1. The number of hydrogen-bond donors (Lipinski definition) is 1. The first kappa shape index (κ1) is 20.1. The molecule has 7 heteroatoms. The average Bonchev–Trinajstić information content (AvgIpc) is 3.31. The molecule has 0 spiro atoms. The number of amides is 1. The molecule has 2 aromatic heterocycles. The summed E-state index contributed by atoms with van der Waals surface area (Å²) in [7, 11) is 0. The van der Waals surface area contributed by atoms with Crippen LogP contribution in [0.5, 0.6) is 5.75 Å². The van der Waals surface area contributed by atoms with Crippen molar-refractivity contribution in [3.05, 3.63) is 101 Å². The molecule has 30 heavy (non-hydrogen) atoms. The van der Waals surface area contributed by atoms with E-state index in [9.17, 15) is 4.79 Å². The van der Waals surface area contributed by atoms with E-state index in [4.69, 9.17) is 4.74 Å². The van der Waals surface area contributed by atoms with Crippen LogP contribution in [0.1, 0.15) is 21.6 Å². The summed E-state index contributed by atoms with van der Waals surface area (Å²) in [5.74, 6) is 1.26. The van der Waals surface area contributed by atoms with E-state index in [2.05, 4.69) is 15.3 Å². The predicted molar refractivity (Wildman–Crippen MR) is 121 cm³/mol. The molecule has 0 saturated heterocycles. The third-order valence-corrected chi connectivity index (χ3v) is 5.95. The maximum absolute atomic E-state index is 12.9. The second kappa shape index (κ2) is 10.0. The van der Waals surface area contributed by atoms with Crippen LogP contribution in [-0.2, 0) is 12.4 Å². The maximum Gasteiger partial charge on any atom is 0.256 e. The second-order valence-electron chi connectivity index (χ2n) is 6.40. The molecule has 0 bridgehead atoms. The molecule has 0 radical (unpaired) electrons. The van der Waals surface area contributed by atoms with Crippen LogP contribution in [-0.4, -0.2) is 15.9 Å². The van der Waals surface area contributed by atoms with Crippen LogP contribution in [0, 0.1) is 0 Å². The van der Waals surface area contributed by atoms with Crippen LogP contribution in [0.25, 0.3) is 0 Å². The lowest BCUT2D eigenvalue weighted by molar-refractivity contribution is 0.102. The Labute approximate surface area is 183 Å². The molecule has 2 aromatic carbocycles. The molecule has 150 valence electrons. The van der Waals surface area contributed by atoms with E-state index in [1.807, 2.05) is 71.6 Å². The third-order valence-electron chi connectivity index (χ3n) is 4.21. The smallest absolute Gasteiger partial charge is 0.256 e. The zero-order valence-corrected chi connectivity index (χ0v) is 17.7. The summed E-state index contributed by atoms with van der Waals surface area (Å²) < 4.78 is 5.82. The molecule has 0 saturated carbocycles. The zero-order chi connectivity index (χ0) is 20.6. The highest BCUT2D eigenvalue weighted by molar-refractivity contribution is 7.98. The second-order valence-corrected chi connectivity index (χ2v) is 8.13. The van der Waals surface area contributed by atoms with Crippen LogP contribution < -0.4 is 10.1 Å². The van der Waals surface area contributed by atoms with Crippen LogP contribution in [0.4, 0.5) is 5.69 Å². The Kier molecular flexibility index (Phi) is 6.74. The Morgan fingerprint density at radius 2 is 2.03 bits per heavy atom. The van der Waals surface area contributed by atoms with E-state index in [1.165, 1.54) is 0 Å². The lowest BCUT2D eigenvalue weighted by atomic mass is 10.2. The lowest BCUT2D eigenvalue weighted by Crippen LogP contribution is -2.13. The summed E-state index contributed by atoms with van der Waals surface area (Å²) >= 11 is 3.18. The Morgan fingerprint density at radius 1 is 1.10 bits per heavy atom. The molecule has 2 heterocycles. The minimum Gasteiger partial charge on any atom is -0.489 e. The first-order valence-electron chi connectivity index (χ1n) is 9.30. The van der Waals surface area contributed by atoms with Gasteiger partial charge in [0.2, 0.25) is 0 Å². The number of pyridine rings is 1. The van der Waals surface area contributed by atoms with Gasteiger partial charge >= 0.3 is 0 Å². The van der Waals surface area contributed by atoms with Gasteiger partial charge in [0.05, 0.1) is 16.8 Å². The van der Waals surface area contributed by atoms with Crippen molar-refractivity contribution in [1.29, 1.82) is 0 Å². The van der Waals surface area contributed by atoms with Crippen molar-refractivity contribution in [3.8, 4) is 5.75 Å². The van der Waals surface area contributed by atoms with Crippen molar-refractivity contribution >= 4 is 34.7 Å². The van der Waals surface area contributed by atoms with Crippen molar-refractivity contribution in [1.82, 2.24) is 9.97 Å². The quantitative estimate of drug-likeness (QED) is 0.363. The van der Waals surface area contributed by atoms with Crippen molar-refractivity contribution in [2.45, 2.75) is 17.3 Å². The highest BCUT2D eigenvalue weighted by atomic mass is 32.2. The monoisotopic (exact) mass is 433 g/mol. The lowest BCUT2D eigenvalue weighted by Gasteiger charge is -2.11. The summed E-state index contributed by atoms with van der Waals surface area (Å²) in [6.45, 7) is 0.418. The number of benzene rings is 2. The van der Waals surface area contributed by atoms with Crippen molar-refractivity contribution in [2.24, 2.45) is 0 Å². The summed E-state index contributed by atoms with van der Waals surface area (Å²) in [6, 6.07) is 18.8. The van der Waals surface area contributed by atoms with Gasteiger partial charge in [0.15, 0.2) is 0 Å². The standard InChI is InChI=1S/C23H19N3O2S2/c27-23(21-8-1-2-9-22(21)30-15-19-14-29-16-25-19)26-18-6-3-7-20(11-18)28-13-17-5-4-10-24-12-17/h1-12,14,16H,13,15H2,(H,26,27). The normalized spacial score (nSPS) is 10.5. The summed E-state index contributed by atoms with van der Waals surface area (Å²) in [5, 5.41) is 4.99. The molecule has 0 unspecified atom stereocenters. The van der Waals surface area contributed by atoms with Crippen LogP contribution in [0.15, 0.2) is 88.8 Å². The largest absolute Gasteiger partial charge is 0.489 e. The molecule has 0 aliphatic heterocycles. The fourth-order valence-electron chi connectivity index (χ4n) is 2.75. The number of carbonyl (C=O) groups excluding carboxylic acids is 1. The van der Waals surface area contributed by atoms with Gasteiger partial charge in [-0.1, -0.05) is 24.3 Å². The Morgan fingerprint density at radius 3 is 2.87 bits per heavy atom. The van der Waals surface area contributed by atoms with E-state index < -0.39 is 0 Å². The molecule has 0 aliphatic rings. The number of aromatic nitrogens is 2. The predicted octanol–water partition coefficient (Wildman–Crippen LogP) is 5.66. The average molecular weight is 434 g/mol. The number of nitrogens with one attached hydrogen (secondary N) is 1. The molecule has 1 N–H and O–H groups in total. The van der Waals surface area contributed by atoms with Crippen LogP contribution >= 0.6 is 23.1 Å². The number of thiazole rings is 1. The molecule has 5 nitrogen and oxygen atoms in total. The summed E-state index contributed by atoms with van der Waals surface area (Å²) in [5.41, 5.74) is 5.14. The molecule has 0 atom stereocenters. The van der Waals surface area contributed by atoms with Crippen molar-refractivity contribution in [3.63, 3.8) is 0 Å². The highest BCUT2D eigenvalue weighted by Crippen LogP contribution is 2.27. The van der Waals surface area contributed by atoms with Crippen molar-refractivity contribution in [2.75, 3.05) is 5.32 Å². The number of anilines is 1. The number of nitrogens with zero attached hydrogens (tertiary/aromatic N) is 2. The molecule has 4 aromatic rings. The molecule has 0 aliphatic carbocycles. The van der Waals surface area contributed by atoms with E-state index in [1.54, 1.807) is 35.5 Å². The first-order chi connectivity index (χ1) is 14.8. The Hall–Kier alpha value is -3.16. The van der Waals surface area contributed by atoms with Gasteiger partial charge in [0, 0.05) is 45.7 Å². The minimum atomic E-state index is -0.152. The fraction of sp³-hybridized carbons (Fsp3) is 0.0870. The Balaban J connectivity index is 1.41. The van der Waals surface area contributed by atoms with E-state index >= 15 is 0 Å².